The van der Waals surface area contributed by atoms with Crippen molar-refractivity contribution in [2.45, 2.75) is 13.8 Å². The zero-order valence-electron chi connectivity index (χ0n) is 10.5. The number of non-ortho nitro benzene ring substituents is 1. The van der Waals surface area contributed by atoms with Gasteiger partial charge in [-0.15, -0.1) is 0 Å². The van der Waals surface area contributed by atoms with Crippen LogP contribution in [0.1, 0.15) is 22.8 Å². The van der Waals surface area contributed by atoms with Gasteiger partial charge in [0.1, 0.15) is 0 Å². The lowest BCUT2D eigenvalue weighted by Crippen LogP contribution is -2.31. The quantitative estimate of drug-likeness (QED) is 0.607. The van der Waals surface area contributed by atoms with Gasteiger partial charge in [0.2, 0.25) is 0 Å². The van der Waals surface area contributed by atoms with E-state index in [-0.39, 0.29) is 17.5 Å². The molecule has 1 atom stereocenters. The van der Waals surface area contributed by atoms with Crippen molar-refractivity contribution in [2.24, 2.45) is 11.7 Å². The van der Waals surface area contributed by atoms with E-state index in [4.69, 9.17) is 5.73 Å². The van der Waals surface area contributed by atoms with Crippen molar-refractivity contribution in [3.63, 3.8) is 0 Å². The van der Waals surface area contributed by atoms with Crippen LogP contribution in [-0.4, -0.2) is 23.9 Å². The molecule has 0 saturated carbocycles. The van der Waals surface area contributed by atoms with Crippen molar-refractivity contribution >= 4 is 11.6 Å². The summed E-state index contributed by atoms with van der Waals surface area (Å²) in [5.74, 6) is -0.0324. The number of carbonyl (C=O) groups excluding carboxylic acids is 1. The Bertz CT molecular complexity index is 460. The van der Waals surface area contributed by atoms with E-state index in [1.807, 2.05) is 6.92 Å². The lowest BCUT2D eigenvalue weighted by Gasteiger charge is -2.11. The van der Waals surface area contributed by atoms with E-state index in [0.717, 1.165) is 0 Å². The van der Waals surface area contributed by atoms with E-state index < -0.39 is 4.92 Å². The molecular formula is C12H17N3O3. The Kier molecular flexibility index (Phi) is 4.79. The summed E-state index contributed by atoms with van der Waals surface area (Å²) < 4.78 is 0. The van der Waals surface area contributed by atoms with Crippen LogP contribution in [0.2, 0.25) is 0 Å². The van der Waals surface area contributed by atoms with Crippen LogP contribution in [-0.2, 0) is 0 Å². The maximum Gasteiger partial charge on any atom is 0.269 e. The van der Waals surface area contributed by atoms with Gasteiger partial charge in [0.25, 0.3) is 11.6 Å². The first-order valence-electron chi connectivity index (χ1n) is 5.69. The van der Waals surface area contributed by atoms with Gasteiger partial charge in [-0.25, -0.2) is 0 Å². The highest BCUT2D eigenvalue weighted by molar-refractivity contribution is 5.95. The second-order valence-electron chi connectivity index (χ2n) is 4.31. The Morgan fingerprint density at radius 2 is 2.22 bits per heavy atom. The Hall–Kier alpha value is -1.95. The Balaban J connectivity index is 2.78. The zero-order chi connectivity index (χ0) is 13.7. The van der Waals surface area contributed by atoms with Gasteiger partial charge in [0.15, 0.2) is 0 Å². The first-order valence-corrected chi connectivity index (χ1v) is 5.69. The normalized spacial score (nSPS) is 11.9. The third-order valence-electron chi connectivity index (χ3n) is 2.68. The number of rotatable bonds is 5. The summed E-state index contributed by atoms with van der Waals surface area (Å²) in [7, 11) is 0. The molecule has 0 aliphatic rings. The van der Waals surface area contributed by atoms with E-state index in [1.54, 1.807) is 6.92 Å². The molecule has 0 saturated heterocycles. The Morgan fingerprint density at radius 3 is 2.72 bits per heavy atom. The molecule has 0 bridgehead atoms. The second kappa shape index (κ2) is 6.11. The number of nitrogens with one attached hydrogen (secondary N) is 1. The SMILES string of the molecule is Cc1cc([N+](=O)[O-])ccc1C(=O)NCC(C)CN. The van der Waals surface area contributed by atoms with Crippen LogP contribution >= 0.6 is 0 Å². The summed E-state index contributed by atoms with van der Waals surface area (Å²) in [6.07, 6.45) is 0. The minimum absolute atomic E-state index is 0.0145. The molecule has 18 heavy (non-hydrogen) atoms. The molecule has 0 aliphatic carbocycles. The monoisotopic (exact) mass is 251 g/mol. The number of nitrogens with two attached hydrogens (primary N) is 1. The molecule has 1 aromatic carbocycles. The van der Waals surface area contributed by atoms with Crippen molar-refractivity contribution < 1.29 is 9.72 Å². The highest BCUT2D eigenvalue weighted by atomic mass is 16.6. The number of hydrogen-bond donors (Lipinski definition) is 2. The van der Waals surface area contributed by atoms with Crippen LogP contribution in [0.3, 0.4) is 0 Å². The molecule has 0 spiro atoms. The molecule has 1 amide bonds. The lowest BCUT2D eigenvalue weighted by atomic mass is 10.1. The predicted octanol–water partition coefficient (Wildman–Crippen LogP) is 1.23. The fourth-order valence-corrected chi connectivity index (χ4v) is 1.46. The largest absolute Gasteiger partial charge is 0.352 e. The average molecular weight is 251 g/mol. The number of benzene rings is 1. The number of nitro benzene ring substituents is 1. The highest BCUT2D eigenvalue weighted by Gasteiger charge is 2.13. The van der Waals surface area contributed by atoms with Gasteiger partial charge in [-0.3, -0.25) is 14.9 Å². The molecule has 1 rings (SSSR count). The number of hydrogen-bond acceptors (Lipinski definition) is 4. The molecule has 6 heteroatoms. The molecule has 0 heterocycles. The fourth-order valence-electron chi connectivity index (χ4n) is 1.46. The van der Waals surface area contributed by atoms with Crippen LogP contribution < -0.4 is 11.1 Å². The highest BCUT2D eigenvalue weighted by Crippen LogP contribution is 2.16. The molecule has 3 N–H and O–H groups in total. The van der Waals surface area contributed by atoms with E-state index >= 15 is 0 Å². The molecule has 1 aromatic rings. The summed E-state index contributed by atoms with van der Waals surface area (Å²) in [5.41, 5.74) is 6.47. The zero-order valence-corrected chi connectivity index (χ0v) is 10.5. The number of nitro groups is 1. The van der Waals surface area contributed by atoms with Gasteiger partial charge in [-0.2, -0.15) is 0 Å². The van der Waals surface area contributed by atoms with Crippen molar-refractivity contribution in [3.05, 3.63) is 39.4 Å². The third-order valence-corrected chi connectivity index (χ3v) is 2.68. The Labute approximate surface area is 105 Å². The van der Waals surface area contributed by atoms with Gasteiger partial charge in [-0.05, 0) is 31.0 Å². The van der Waals surface area contributed by atoms with E-state index in [0.29, 0.717) is 24.2 Å². The summed E-state index contributed by atoms with van der Waals surface area (Å²) in [6, 6.07) is 4.19. The maximum absolute atomic E-state index is 11.8. The molecule has 98 valence electrons. The standard InChI is InChI=1S/C12H17N3O3/c1-8(6-13)7-14-12(16)11-4-3-10(15(17)18)5-9(11)2/h3-5,8H,6-7,13H2,1-2H3,(H,14,16). The lowest BCUT2D eigenvalue weighted by molar-refractivity contribution is -0.384. The van der Waals surface area contributed by atoms with Crippen molar-refractivity contribution in [1.82, 2.24) is 5.32 Å². The second-order valence-corrected chi connectivity index (χ2v) is 4.31. The van der Waals surface area contributed by atoms with Gasteiger partial charge in [0, 0.05) is 24.2 Å². The van der Waals surface area contributed by atoms with Crippen LogP contribution in [0.15, 0.2) is 18.2 Å². The fraction of sp³-hybridized carbons (Fsp3) is 0.417. The summed E-state index contributed by atoms with van der Waals surface area (Å²) in [4.78, 5) is 21.9. The van der Waals surface area contributed by atoms with Crippen molar-refractivity contribution in [2.75, 3.05) is 13.1 Å². The van der Waals surface area contributed by atoms with Gasteiger partial charge >= 0.3 is 0 Å². The average Bonchev–Trinajstić information content (AvgIpc) is 2.35. The summed E-state index contributed by atoms with van der Waals surface area (Å²) >= 11 is 0. The van der Waals surface area contributed by atoms with Gasteiger partial charge < -0.3 is 11.1 Å². The minimum atomic E-state index is -0.481. The van der Waals surface area contributed by atoms with Crippen LogP contribution in [0.4, 0.5) is 5.69 Å². The number of nitrogens with zero attached hydrogens (tertiary/aromatic N) is 1. The molecule has 0 radical (unpaired) electrons. The van der Waals surface area contributed by atoms with Crippen LogP contribution in [0.25, 0.3) is 0 Å². The molecule has 1 unspecified atom stereocenters. The van der Waals surface area contributed by atoms with Gasteiger partial charge in [-0.1, -0.05) is 6.92 Å². The number of aryl methyl sites for hydroxylation is 1. The van der Waals surface area contributed by atoms with E-state index in [2.05, 4.69) is 5.32 Å². The molecular weight excluding hydrogens is 234 g/mol. The smallest absolute Gasteiger partial charge is 0.269 e. The van der Waals surface area contributed by atoms with Crippen molar-refractivity contribution in [3.8, 4) is 0 Å². The van der Waals surface area contributed by atoms with Crippen LogP contribution in [0.5, 0.6) is 0 Å². The first-order chi connectivity index (χ1) is 8.45. The first kappa shape index (κ1) is 14.1. The van der Waals surface area contributed by atoms with E-state index in [9.17, 15) is 14.9 Å². The van der Waals surface area contributed by atoms with Gasteiger partial charge in [0.05, 0.1) is 4.92 Å². The maximum atomic E-state index is 11.8. The van der Waals surface area contributed by atoms with Crippen LogP contribution in [0, 0.1) is 23.0 Å². The minimum Gasteiger partial charge on any atom is -0.352 e. The predicted molar refractivity (Wildman–Crippen MR) is 68.4 cm³/mol. The van der Waals surface area contributed by atoms with E-state index in [1.165, 1.54) is 18.2 Å². The van der Waals surface area contributed by atoms with Crippen molar-refractivity contribution in [1.29, 1.82) is 0 Å². The Morgan fingerprint density at radius 1 is 1.56 bits per heavy atom. The third kappa shape index (κ3) is 3.53. The molecule has 0 aromatic heterocycles. The molecule has 0 fully saturated rings. The molecule has 0 aliphatic heterocycles. The molecule has 6 nitrogen and oxygen atoms in total. The topological polar surface area (TPSA) is 98.3 Å². The number of carbonyl (C=O) groups is 1. The summed E-state index contributed by atoms with van der Waals surface area (Å²) in [6.45, 7) is 4.60. The number of amides is 1. The summed E-state index contributed by atoms with van der Waals surface area (Å²) in [5, 5.41) is 13.3.